The van der Waals surface area contributed by atoms with Crippen molar-refractivity contribution < 1.29 is 14.7 Å². The molecule has 0 aliphatic heterocycles. The predicted molar refractivity (Wildman–Crippen MR) is 53.0 cm³/mol. The summed E-state index contributed by atoms with van der Waals surface area (Å²) in [6.07, 6.45) is -0.583. The SMILES string of the molecule is O=C(O)CC(=O)c1cccc(Cl)c1Cl. The molecule has 0 atom stereocenters. The molecule has 0 unspecified atom stereocenters. The van der Waals surface area contributed by atoms with E-state index in [4.69, 9.17) is 28.3 Å². The third kappa shape index (κ3) is 2.47. The van der Waals surface area contributed by atoms with Crippen LogP contribution >= 0.6 is 23.2 Å². The highest BCUT2D eigenvalue weighted by Gasteiger charge is 2.15. The zero-order chi connectivity index (χ0) is 10.7. The number of carbonyl (C=O) groups excluding carboxylic acids is 1. The predicted octanol–water partition coefficient (Wildman–Crippen LogP) is 2.65. The lowest BCUT2D eigenvalue weighted by molar-refractivity contribution is -0.135. The average molecular weight is 233 g/mol. The van der Waals surface area contributed by atoms with Crippen molar-refractivity contribution in [2.45, 2.75) is 6.42 Å². The maximum absolute atomic E-state index is 11.3. The first-order valence-corrected chi connectivity index (χ1v) is 4.47. The Balaban J connectivity index is 3.01. The second-order valence-corrected chi connectivity index (χ2v) is 3.38. The van der Waals surface area contributed by atoms with E-state index in [1.807, 2.05) is 0 Å². The third-order valence-electron chi connectivity index (χ3n) is 1.56. The lowest BCUT2D eigenvalue weighted by atomic mass is 10.1. The first-order chi connectivity index (χ1) is 6.52. The molecule has 0 saturated carbocycles. The Kier molecular flexibility index (Phi) is 3.49. The van der Waals surface area contributed by atoms with Gasteiger partial charge in [-0.15, -0.1) is 0 Å². The molecule has 0 fully saturated rings. The number of aliphatic carboxylic acids is 1. The van der Waals surface area contributed by atoms with Crippen molar-refractivity contribution in [2.24, 2.45) is 0 Å². The van der Waals surface area contributed by atoms with Crippen molar-refractivity contribution in [1.82, 2.24) is 0 Å². The molecule has 0 spiro atoms. The maximum atomic E-state index is 11.3. The zero-order valence-electron chi connectivity index (χ0n) is 6.96. The van der Waals surface area contributed by atoms with Crippen LogP contribution in [0.5, 0.6) is 0 Å². The summed E-state index contributed by atoms with van der Waals surface area (Å²) >= 11 is 11.4. The number of rotatable bonds is 3. The van der Waals surface area contributed by atoms with Crippen LogP contribution in [0, 0.1) is 0 Å². The standard InChI is InChI=1S/C9H6Cl2O3/c10-6-3-1-2-5(9(6)11)7(12)4-8(13)14/h1-3H,4H2,(H,13,14). The Morgan fingerprint density at radius 1 is 1.29 bits per heavy atom. The van der Waals surface area contributed by atoms with Gasteiger partial charge in [0.1, 0.15) is 6.42 Å². The van der Waals surface area contributed by atoms with Gasteiger partial charge in [-0.2, -0.15) is 0 Å². The average Bonchev–Trinajstić information content (AvgIpc) is 2.08. The fourth-order valence-corrected chi connectivity index (χ4v) is 1.36. The number of hydrogen-bond acceptors (Lipinski definition) is 2. The largest absolute Gasteiger partial charge is 0.481 e. The van der Waals surface area contributed by atoms with Gasteiger partial charge in [0.15, 0.2) is 5.78 Å². The van der Waals surface area contributed by atoms with Crippen LogP contribution in [-0.2, 0) is 4.79 Å². The molecule has 74 valence electrons. The first-order valence-electron chi connectivity index (χ1n) is 3.71. The van der Waals surface area contributed by atoms with Crippen LogP contribution in [0.1, 0.15) is 16.8 Å². The van der Waals surface area contributed by atoms with Gasteiger partial charge in [0.05, 0.1) is 10.0 Å². The number of halogens is 2. The molecule has 0 amide bonds. The van der Waals surface area contributed by atoms with E-state index in [2.05, 4.69) is 0 Å². The molecule has 0 radical (unpaired) electrons. The summed E-state index contributed by atoms with van der Waals surface area (Å²) in [6.45, 7) is 0. The molecule has 1 aromatic carbocycles. The molecule has 0 aromatic heterocycles. The summed E-state index contributed by atoms with van der Waals surface area (Å²) in [5, 5.41) is 8.74. The highest BCUT2D eigenvalue weighted by atomic mass is 35.5. The number of benzene rings is 1. The van der Waals surface area contributed by atoms with E-state index in [9.17, 15) is 9.59 Å². The molecule has 1 aromatic rings. The second-order valence-electron chi connectivity index (χ2n) is 2.60. The van der Waals surface area contributed by atoms with Crippen molar-refractivity contribution in [3.8, 4) is 0 Å². The summed E-state index contributed by atoms with van der Waals surface area (Å²) in [7, 11) is 0. The molecule has 3 nitrogen and oxygen atoms in total. The Morgan fingerprint density at radius 3 is 2.50 bits per heavy atom. The summed E-state index contributed by atoms with van der Waals surface area (Å²) < 4.78 is 0. The van der Waals surface area contributed by atoms with Gasteiger partial charge in [0.25, 0.3) is 0 Å². The number of Topliss-reactive ketones (excluding diaryl/α,β-unsaturated/α-hetero) is 1. The van der Waals surface area contributed by atoms with Crippen molar-refractivity contribution in [3.05, 3.63) is 33.8 Å². The molecule has 0 heterocycles. The lowest BCUT2D eigenvalue weighted by Gasteiger charge is -2.02. The Bertz CT molecular complexity index is 388. The van der Waals surface area contributed by atoms with Gasteiger partial charge in [-0.3, -0.25) is 9.59 Å². The number of carbonyl (C=O) groups is 2. The summed E-state index contributed by atoms with van der Waals surface area (Å²) in [5.41, 5.74) is 0.140. The van der Waals surface area contributed by atoms with Crippen molar-refractivity contribution >= 4 is 35.0 Å². The van der Waals surface area contributed by atoms with Gasteiger partial charge in [-0.1, -0.05) is 29.3 Å². The minimum absolute atomic E-state index is 0.0976. The van der Waals surface area contributed by atoms with Gasteiger partial charge in [0.2, 0.25) is 0 Å². The van der Waals surface area contributed by atoms with Gasteiger partial charge < -0.3 is 5.11 Å². The Hall–Kier alpha value is -1.06. The number of ketones is 1. The van der Waals surface area contributed by atoms with Crippen LogP contribution in [0.4, 0.5) is 0 Å². The van der Waals surface area contributed by atoms with Crippen LogP contribution in [-0.4, -0.2) is 16.9 Å². The highest BCUT2D eigenvalue weighted by Crippen LogP contribution is 2.26. The third-order valence-corrected chi connectivity index (χ3v) is 2.38. The summed E-state index contributed by atoms with van der Waals surface area (Å²) in [5.74, 6) is -1.74. The molecular formula is C9H6Cl2O3. The fraction of sp³-hybridized carbons (Fsp3) is 0.111. The minimum atomic E-state index is -1.19. The van der Waals surface area contributed by atoms with Gasteiger partial charge in [-0.25, -0.2) is 0 Å². The molecule has 0 aliphatic rings. The molecule has 14 heavy (non-hydrogen) atoms. The van der Waals surface area contributed by atoms with Gasteiger partial charge in [-0.05, 0) is 12.1 Å². The number of hydrogen-bond donors (Lipinski definition) is 1. The Labute approximate surface area is 90.3 Å². The van der Waals surface area contributed by atoms with Crippen LogP contribution in [0.3, 0.4) is 0 Å². The van der Waals surface area contributed by atoms with Crippen LogP contribution in [0.15, 0.2) is 18.2 Å². The van der Waals surface area contributed by atoms with Crippen molar-refractivity contribution in [3.63, 3.8) is 0 Å². The molecule has 0 bridgehead atoms. The maximum Gasteiger partial charge on any atom is 0.311 e. The van der Waals surface area contributed by atoms with Crippen LogP contribution in [0.2, 0.25) is 10.0 Å². The van der Waals surface area contributed by atoms with E-state index in [1.54, 1.807) is 6.07 Å². The van der Waals surface area contributed by atoms with E-state index < -0.39 is 18.2 Å². The number of carboxylic acids is 1. The Morgan fingerprint density at radius 2 is 1.93 bits per heavy atom. The first kappa shape index (κ1) is 11.0. The van der Waals surface area contributed by atoms with Crippen molar-refractivity contribution in [1.29, 1.82) is 0 Å². The van der Waals surface area contributed by atoms with Gasteiger partial charge in [0, 0.05) is 5.56 Å². The van der Waals surface area contributed by atoms with Gasteiger partial charge >= 0.3 is 5.97 Å². The molecule has 1 rings (SSSR count). The molecule has 0 aliphatic carbocycles. The van der Waals surface area contributed by atoms with Crippen LogP contribution in [0.25, 0.3) is 0 Å². The quantitative estimate of drug-likeness (QED) is 0.644. The lowest BCUT2D eigenvalue weighted by Crippen LogP contribution is -2.07. The van der Waals surface area contributed by atoms with E-state index in [0.717, 1.165) is 0 Å². The fourth-order valence-electron chi connectivity index (χ4n) is 0.952. The van der Waals surface area contributed by atoms with E-state index in [1.165, 1.54) is 12.1 Å². The monoisotopic (exact) mass is 232 g/mol. The molecule has 0 saturated heterocycles. The highest BCUT2D eigenvalue weighted by molar-refractivity contribution is 6.44. The topological polar surface area (TPSA) is 54.4 Å². The summed E-state index contributed by atoms with van der Waals surface area (Å²) in [6, 6.07) is 4.52. The molecule has 1 N–H and O–H groups in total. The van der Waals surface area contributed by atoms with E-state index in [0.29, 0.717) is 0 Å². The second kappa shape index (κ2) is 4.44. The smallest absolute Gasteiger partial charge is 0.311 e. The summed E-state index contributed by atoms with van der Waals surface area (Å²) in [4.78, 5) is 21.6. The molecular weight excluding hydrogens is 227 g/mol. The zero-order valence-corrected chi connectivity index (χ0v) is 8.47. The van der Waals surface area contributed by atoms with Crippen LogP contribution < -0.4 is 0 Å². The minimum Gasteiger partial charge on any atom is -0.481 e. The number of carboxylic acid groups (broad SMARTS) is 1. The van der Waals surface area contributed by atoms with Crippen molar-refractivity contribution in [2.75, 3.05) is 0 Å². The normalized spacial score (nSPS) is 9.86. The van der Waals surface area contributed by atoms with E-state index in [-0.39, 0.29) is 15.6 Å². The van der Waals surface area contributed by atoms with E-state index >= 15 is 0 Å². The molecule has 5 heteroatoms.